The molecule has 0 aliphatic heterocycles. The van der Waals surface area contributed by atoms with Crippen molar-refractivity contribution < 1.29 is 9.59 Å². The van der Waals surface area contributed by atoms with Gasteiger partial charge in [-0.25, -0.2) is 0 Å². The molecule has 0 unspecified atom stereocenters. The van der Waals surface area contributed by atoms with Gasteiger partial charge in [0.2, 0.25) is 5.91 Å². The van der Waals surface area contributed by atoms with E-state index in [0.29, 0.717) is 5.56 Å². The van der Waals surface area contributed by atoms with Crippen LogP contribution in [0, 0.1) is 5.92 Å². The lowest BCUT2D eigenvalue weighted by atomic mass is 9.97. The molecule has 4 nitrogen and oxygen atoms in total. The van der Waals surface area contributed by atoms with Crippen molar-refractivity contribution in [3.05, 3.63) is 53.6 Å². The third-order valence-corrected chi connectivity index (χ3v) is 3.34. The lowest BCUT2D eigenvalue weighted by molar-refractivity contribution is -0.116. The molecule has 1 amide bonds. The van der Waals surface area contributed by atoms with Crippen LogP contribution in [0.1, 0.15) is 24.2 Å². The van der Waals surface area contributed by atoms with Gasteiger partial charge >= 0.3 is 0 Å². The van der Waals surface area contributed by atoms with Crippen molar-refractivity contribution in [1.29, 1.82) is 0 Å². The highest BCUT2D eigenvalue weighted by Gasteiger charge is 2.13. The molecule has 1 atom stereocenters. The second kappa shape index (κ2) is 8.17. The Labute approximate surface area is 132 Å². The van der Waals surface area contributed by atoms with E-state index in [9.17, 15) is 9.59 Å². The fraction of sp³-hybridized carbons (Fsp3) is 0.333. The predicted molar refractivity (Wildman–Crippen MR) is 91.2 cm³/mol. The van der Waals surface area contributed by atoms with Gasteiger partial charge < -0.3 is 10.2 Å². The Kier molecular flexibility index (Phi) is 6.57. The van der Waals surface area contributed by atoms with Crippen molar-refractivity contribution in [2.45, 2.75) is 13.8 Å². The normalized spacial score (nSPS) is 13.0. The number of Topliss-reactive ketones (excluding diaryl/α,β-unsaturated/α-hetero) is 1. The third-order valence-electron chi connectivity index (χ3n) is 3.34. The summed E-state index contributed by atoms with van der Waals surface area (Å²) in [4.78, 5) is 25.5. The Hall–Kier alpha value is -2.36. The number of hydrogen-bond donors (Lipinski definition) is 1. The largest absolute Gasteiger partial charge is 0.378 e. The van der Waals surface area contributed by atoms with Crippen molar-refractivity contribution in [2.24, 2.45) is 5.92 Å². The molecule has 0 heterocycles. The van der Waals surface area contributed by atoms with Gasteiger partial charge in [-0.2, -0.15) is 0 Å². The van der Waals surface area contributed by atoms with E-state index < -0.39 is 0 Å². The molecule has 0 saturated heterocycles. The fourth-order valence-corrected chi connectivity index (χ4v) is 2.00. The number of likely N-dealkylation sites (N-methyl/N-ethyl adjacent to an activating group) is 1. The number of nitrogens with one attached hydrogen (secondary N) is 1. The van der Waals surface area contributed by atoms with E-state index in [1.54, 1.807) is 13.1 Å². The molecule has 0 fully saturated rings. The van der Waals surface area contributed by atoms with Gasteiger partial charge in [-0.1, -0.05) is 24.6 Å². The predicted octanol–water partition coefficient (Wildman–Crippen LogP) is 2.82. The summed E-state index contributed by atoms with van der Waals surface area (Å²) in [5.74, 6) is -0.330. The number of carbonyl (C=O) groups is 2. The van der Waals surface area contributed by atoms with Crippen LogP contribution in [-0.4, -0.2) is 32.8 Å². The maximum absolute atomic E-state index is 12.4. The van der Waals surface area contributed by atoms with Crippen molar-refractivity contribution in [1.82, 2.24) is 5.32 Å². The van der Waals surface area contributed by atoms with Crippen LogP contribution in [0.4, 0.5) is 5.69 Å². The van der Waals surface area contributed by atoms with Gasteiger partial charge in [0.25, 0.3) is 0 Å². The van der Waals surface area contributed by atoms with Crippen molar-refractivity contribution >= 4 is 17.4 Å². The van der Waals surface area contributed by atoms with Gasteiger partial charge in [0.05, 0.1) is 0 Å². The first-order valence-electron chi connectivity index (χ1n) is 7.25. The molecule has 118 valence electrons. The quantitative estimate of drug-likeness (QED) is 0.499. The number of amides is 1. The first-order chi connectivity index (χ1) is 10.3. The average molecular weight is 300 g/mol. The molecule has 0 aliphatic carbocycles. The van der Waals surface area contributed by atoms with Gasteiger partial charge in [0, 0.05) is 44.4 Å². The minimum Gasteiger partial charge on any atom is -0.378 e. The van der Waals surface area contributed by atoms with Crippen molar-refractivity contribution in [2.75, 3.05) is 26.0 Å². The Morgan fingerprint density at radius 1 is 1.14 bits per heavy atom. The molecule has 22 heavy (non-hydrogen) atoms. The summed E-state index contributed by atoms with van der Waals surface area (Å²) < 4.78 is 0. The SMILES string of the molecule is CNC(=O)/C=C/C(C)=C/[C@@H](C)C(=O)c1ccc(N(C)C)cc1. The summed E-state index contributed by atoms with van der Waals surface area (Å²) in [5, 5.41) is 2.51. The van der Waals surface area contributed by atoms with Crippen LogP contribution >= 0.6 is 0 Å². The Bertz CT molecular complexity index is 584. The molecule has 1 aromatic rings. The molecule has 0 bridgehead atoms. The van der Waals surface area contributed by atoms with E-state index in [1.807, 2.05) is 63.2 Å². The maximum atomic E-state index is 12.4. The minimum absolute atomic E-state index is 0.0676. The van der Waals surface area contributed by atoms with Crippen LogP contribution in [0.25, 0.3) is 0 Å². The third kappa shape index (κ3) is 5.20. The van der Waals surface area contributed by atoms with E-state index in [4.69, 9.17) is 0 Å². The second-order valence-corrected chi connectivity index (χ2v) is 5.45. The van der Waals surface area contributed by atoms with E-state index in [-0.39, 0.29) is 17.6 Å². The molecule has 0 radical (unpaired) electrons. The molecule has 0 aliphatic rings. The zero-order valence-corrected chi connectivity index (χ0v) is 13.9. The maximum Gasteiger partial charge on any atom is 0.243 e. The molecule has 0 aromatic heterocycles. The number of nitrogens with zero attached hydrogens (tertiary/aromatic N) is 1. The van der Waals surface area contributed by atoms with Gasteiger partial charge in [-0.05, 0) is 31.2 Å². The van der Waals surface area contributed by atoms with E-state index in [2.05, 4.69) is 5.32 Å². The standard InChI is InChI=1S/C18H24N2O2/c1-13(6-11-17(21)19-3)12-14(2)18(22)15-7-9-16(10-8-15)20(4)5/h6-12,14H,1-5H3,(H,19,21)/b11-6+,13-12+/t14-/m1/s1. The summed E-state index contributed by atoms with van der Waals surface area (Å²) in [6.45, 7) is 3.73. The van der Waals surface area contributed by atoms with Crippen LogP contribution < -0.4 is 10.2 Å². The molecule has 0 saturated carbocycles. The smallest absolute Gasteiger partial charge is 0.243 e. The van der Waals surface area contributed by atoms with Crippen molar-refractivity contribution in [3.8, 4) is 0 Å². The molecular formula is C18H24N2O2. The first kappa shape index (κ1) is 17.7. The summed E-state index contributed by atoms with van der Waals surface area (Å²) in [6, 6.07) is 7.56. The number of anilines is 1. The zero-order chi connectivity index (χ0) is 16.7. The van der Waals surface area contributed by atoms with Gasteiger partial charge in [0.1, 0.15) is 0 Å². The van der Waals surface area contributed by atoms with E-state index in [0.717, 1.165) is 11.3 Å². The molecule has 1 aromatic carbocycles. The summed E-state index contributed by atoms with van der Waals surface area (Å²) in [5.41, 5.74) is 2.64. The molecule has 4 heteroatoms. The van der Waals surface area contributed by atoms with Gasteiger partial charge in [-0.15, -0.1) is 0 Å². The topological polar surface area (TPSA) is 49.4 Å². The first-order valence-corrected chi connectivity index (χ1v) is 7.25. The van der Waals surface area contributed by atoms with Gasteiger partial charge in [0.15, 0.2) is 5.78 Å². The molecular weight excluding hydrogens is 276 g/mol. The minimum atomic E-state index is -0.237. The van der Waals surface area contributed by atoms with Crippen molar-refractivity contribution in [3.63, 3.8) is 0 Å². The molecule has 0 spiro atoms. The van der Waals surface area contributed by atoms with E-state index >= 15 is 0 Å². The van der Waals surface area contributed by atoms with Crippen LogP contribution in [0.15, 0.2) is 48.1 Å². The number of rotatable bonds is 6. The Balaban J connectivity index is 2.79. The number of allylic oxidation sites excluding steroid dienone is 3. The van der Waals surface area contributed by atoms with Crippen LogP contribution in [-0.2, 0) is 4.79 Å². The number of ketones is 1. The monoisotopic (exact) mass is 300 g/mol. The summed E-state index contributed by atoms with van der Waals surface area (Å²) >= 11 is 0. The number of hydrogen-bond acceptors (Lipinski definition) is 3. The van der Waals surface area contributed by atoms with Crippen LogP contribution in [0.3, 0.4) is 0 Å². The Morgan fingerprint density at radius 3 is 2.23 bits per heavy atom. The second-order valence-electron chi connectivity index (χ2n) is 5.45. The summed E-state index contributed by atoms with van der Waals surface area (Å²) in [6.07, 6.45) is 5.02. The fourth-order valence-electron chi connectivity index (χ4n) is 2.00. The highest BCUT2D eigenvalue weighted by Crippen LogP contribution is 2.17. The lowest BCUT2D eigenvalue weighted by Crippen LogP contribution is -2.14. The van der Waals surface area contributed by atoms with Crippen LogP contribution in [0.5, 0.6) is 0 Å². The molecule has 1 rings (SSSR count). The average Bonchev–Trinajstić information content (AvgIpc) is 2.51. The van der Waals surface area contributed by atoms with Crippen LogP contribution in [0.2, 0.25) is 0 Å². The highest BCUT2D eigenvalue weighted by atomic mass is 16.1. The Morgan fingerprint density at radius 2 is 1.73 bits per heavy atom. The number of carbonyl (C=O) groups excluding carboxylic acids is 2. The van der Waals surface area contributed by atoms with Gasteiger partial charge in [-0.3, -0.25) is 9.59 Å². The zero-order valence-electron chi connectivity index (χ0n) is 13.9. The summed E-state index contributed by atoms with van der Waals surface area (Å²) in [7, 11) is 5.50. The van der Waals surface area contributed by atoms with E-state index in [1.165, 1.54) is 6.08 Å². The highest BCUT2D eigenvalue weighted by molar-refractivity contribution is 5.99. The molecule has 1 N–H and O–H groups in total. The number of benzene rings is 1. The lowest BCUT2D eigenvalue weighted by Gasteiger charge is -2.13.